The summed E-state index contributed by atoms with van der Waals surface area (Å²) >= 11 is 0. The number of aromatic amines is 1. The van der Waals surface area contributed by atoms with Crippen molar-refractivity contribution in [3.05, 3.63) is 30.0 Å². The third kappa shape index (κ3) is 4.26. The number of urea groups is 1. The standard InChI is InChI=1S/C18H27N3O2/c1-4-18(5-2,8-9-22)12-19-17(23)21-15-6-7-16-14(11-15)10-13(3)20-16/h6-7,10-11,20,22H,4-5,8-9,12H2,1-3H3,(H2,19,21,23). The fraction of sp³-hybridized carbons (Fsp3) is 0.500. The van der Waals surface area contributed by atoms with Crippen LogP contribution < -0.4 is 10.6 Å². The molecule has 0 bridgehead atoms. The van der Waals surface area contributed by atoms with Gasteiger partial charge in [0.05, 0.1) is 0 Å². The van der Waals surface area contributed by atoms with Crippen molar-refractivity contribution in [1.82, 2.24) is 10.3 Å². The molecule has 5 nitrogen and oxygen atoms in total. The van der Waals surface area contributed by atoms with Crippen molar-refractivity contribution in [2.45, 2.75) is 40.0 Å². The van der Waals surface area contributed by atoms with Crippen molar-refractivity contribution >= 4 is 22.6 Å². The number of amides is 2. The molecule has 1 heterocycles. The number of aliphatic hydroxyl groups is 1. The maximum absolute atomic E-state index is 12.1. The van der Waals surface area contributed by atoms with E-state index in [1.165, 1.54) is 0 Å². The predicted molar refractivity (Wildman–Crippen MR) is 94.8 cm³/mol. The lowest BCUT2D eigenvalue weighted by atomic mass is 9.79. The number of aryl methyl sites for hydroxylation is 1. The zero-order valence-electron chi connectivity index (χ0n) is 14.2. The molecule has 126 valence electrons. The Hall–Kier alpha value is -2.01. The molecule has 5 heteroatoms. The molecule has 0 atom stereocenters. The maximum Gasteiger partial charge on any atom is 0.319 e. The summed E-state index contributed by atoms with van der Waals surface area (Å²) in [6, 6.07) is 7.66. The Morgan fingerprint density at radius 3 is 2.65 bits per heavy atom. The van der Waals surface area contributed by atoms with Crippen molar-refractivity contribution in [3.8, 4) is 0 Å². The number of hydrogen-bond donors (Lipinski definition) is 4. The quantitative estimate of drug-likeness (QED) is 0.627. The van der Waals surface area contributed by atoms with E-state index in [-0.39, 0.29) is 18.1 Å². The molecule has 4 N–H and O–H groups in total. The second-order valence-corrected chi connectivity index (χ2v) is 6.24. The molecule has 1 aromatic carbocycles. The summed E-state index contributed by atoms with van der Waals surface area (Å²) in [4.78, 5) is 15.4. The number of hydrogen-bond acceptors (Lipinski definition) is 2. The number of fused-ring (bicyclic) bond motifs is 1. The second kappa shape index (κ2) is 7.51. The Kier molecular flexibility index (Phi) is 5.66. The van der Waals surface area contributed by atoms with Gasteiger partial charge in [0.15, 0.2) is 0 Å². The Morgan fingerprint density at radius 2 is 2.00 bits per heavy atom. The van der Waals surface area contributed by atoms with Gasteiger partial charge in [-0.05, 0) is 55.9 Å². The highest BCUT2D eigenvalue weighted by molar-refractivity contribution is 5.93. The van der Waals surface area contributed by atoms with E-state index < -0.39 is 0 Å². The number of aromatic nitrogens is 1. The Labute approximate surface area is 137 Å². The molecular formula is C18H27N3O2. The molecule has 0 aliphatic rings. The highest BCUT2D eigenvalue weighted by Gasteiger charge is 2.26. The monoisotopic (exact) mass is 317 g/mol. The van der Waals surface area contributed by atoms with Crippen LogP contribution in [0.2, 0.25) is 0 Å². The topological polar surface area (TPSA) is 77.2 Å². The SMILES string of the molecule is CCC(CC)(CCO)CNC(=O)Nc1ccc2[nH]c(C)cc2c1. The number of carbonyl (C=O) groups is 1. The van der Waals surface area contributed by atoms with E-state index in [1.807, 2.05) is 25.1 Å². The first-order valence-electron chi connectivity index (χ1n) is 8.27. The van der Waals surface area contributed by atoms with E-state index >= 15 is 0 Å². The molecule has 2 amide bonds. The van der Waals surface area contributed by atoms with E-state index in [0.717, 1.165) is 35.1 Å². The Balaban J connectivity index is 1.97. The van der Waals surface area contributed by atoms with Crippen LogP contribution in [0.3, 0.4) is 0 Å². The van der Waals surface area contributed by atoms with Gasteiger partial charge in [-0.1, -0.05) is 13.8 Å². The second-order valence-electron chi connectivity index (χ2n) is 6.24. The van der Waals surface area contributed by atoms with Gasteiger partial charge in [0.2, 0.25) is 0 Å². The molecule has 0 unspecified atom stereocenters. The highest BCUT2D eigenvalue weighted by Crippen LogP contribution is 2.29. The average Bonchev–Trinajstić information content (AvgIpc) is 2.91. The molecule has 0 saturated heterocycles. The van der Waals surface area contributed by atoms with Gasteiger partial charge in [0.1, 0.15) is 0 Å². The molecule has 0 aliphatic carbocycles. The summed E-state index contributed by atoms with van der Waals surface area (Å²) in [6.07, 6.45) is 2.56. The molecule has 23 heavy (non-hydrogen) atoms. The van der Waals surface area contributed by atoms with E-state index in [0.29, 0.717) is 13.0 Å². The fourth-order valence-corrected chi connectivity index (χ4v) is 2.98. The third-order valence-corrected chi connectivity index (χ3v) is 4.78. The molecule has 0 spiro atoms. The van der Waals surface area contributed by atoms with Crippen molar-refractivity contribution < 1.29 is 9.90 Å². The summed E-state index contributed by atoms with van der Waals surface area (Å²) in [5.41, 5.74) is 2.90. The summed E-state index contributed by atoms with van der Waals surface area (Å²) in [5, 5.41) is 16.1. The summed E-state index contributed by atoms with van der Waals surface area (Å²) in [7, 11) is 0. The van der Waals surface area contributed by atoms with Crippen LogP contribution in [0.15, 0.2) is 24.3 Å². The molecular weight excluding hydrogens is 290 g/mol. The zero-order valence-corrected chi connectivity index (χ0v) is 14.2. The van der Waals surface area contributed by atoms with Gasteiger partial charge in [-0.3, -0.25) is 0 Å². The van der Waals surface area contributed by atoms with Crippen molar-refractivity contribution in [1.29, 1.82) is 0 Å². The van der Waals surface area contributed by atoms with Crippen LogP contribution in [0.4, 0.5) is 10.5 Å². The lowest BCUT2D eigenvalue weighted by molar-refractivity contribution is 0.165. The van der Waals surface area contributed by atoms with Crippen LogP contribution in [0.1, 0.15) is 38.8 Å². The summed E-state index contributed by atoms with van der Waals surface area (Å²) < 4.78 is 0. The molecule has 1 aromatic heterocycles. The van der Waals surface area contributed by atoms with Crippen molar-refractivity contribution in [2.24, 2.45) is 5.41 Å². The number of benzene rings is 1. The van der Waals surface area contributed by atoms with E-state index in [4.69, 9.17) is 0 Å². The van der Waals surface area contributed by atoms with E-state index in [2.05, 4.69) is 35.5 Å². The molecule has 0 fully saturated rings. The smallest absolute Gasteiger partial charge is 0.319 e. The average molecular weight is 317 g/mol. The number of aliphatic hydroxyl groups excluding tert-OH is 1. The van der Waals surface area contributed by atoms with Gasteiger partial charge in [-0.25, -0.2) is 4.79 Å². The lowest BCUT2D eigenvalue weighted by Crippen LogP contribution is -2.39. The zero-order chi connectivity index (χ0) is 16.9. The van der Waals surface area contributed by atoms with Gasteiger partial charge < -0.3 is 20.7 Å². The molecule has 0 radical (unpaired) electrons. The number of rotatable bonds is 7. The first-order valence-corrected chi connectivity index (χ1v) is 8.27. The normalized spacial score (nSPS) is 11.7. The number of anilines is 1. The van der Waals surface area contributed by atoms with Gasteiger partial charge >= 0.3 is 6.03 Å². The van der Waals surface area contributed by atoms with Crippen LogP contribution in [0.5, 0.6) is 0 Å². The van der Waals surface area contributed by atoms with Gasteiger partial charge in [-0.15, -0.1) is 0 Å². The van der Waals surface area contributed by atoms with Gasteiger partial charge in [0.25, 0.3) is 0 Å². The minimum Gasteiger partial charge on any atom is -0.396 e. The Bertz CT molecular complexity index is 659. The van der Waals surface area contributed by atoms with Gasteiger partial charge in [0, 0.05) is 35.4 Å². The number of nitrogens with one attached hydrogen (secondary N) is 3. The van der Waals surface area contributed by atoms with E-state index in [1.54, 1.807) is 0 Å². The van der Waals surface area contributed by atoms with Crippen LogP contribution in [-0.2, 0) is 0 Å². The summed E-state index contributed by atoms with van der Waals surface area (Å²) in [6.45, 7) is 6.92. The van der Waals surface area contributed by atoms with Crippen LogP contribution in [-0.4, -0.2) is 29.3 Å². The molecule has 2 rings (SSSR count). The minimum absolute atomic E-state index is 0.0339. The maximum atomic E-state index is 12.1. The lowest BCUT2D eigenvalue weighted by Gasteiger charge is -2.31. The molecule has 0 saturated carbocycles. The van der Waals surface area contributed by atoms with Crippen molar-refractivity contribution in [2.75, 3.05) is 18.5 Å². The molecule has 0 aliphatic heterocycles. The fourth-order valence-electron chi connectivity index (χ4n) is 2.98. The highest BCUT2D eigenvalue weighted by atomic mass is 16.3. The van der Waals surface area contributed by atoms with Crippen LogP contribution >= 0.6 is 0 Å². The Morgan fingerprint density at radius 1 is 1.26 bits per heavy atom. The number of carbonyl (C=O) groups excluding carboxylic acids is 1. The van der Waals surface area contributed by atoms with Crippen LogP contribution in [0, 0.1) is 12.3 Å². The van der Waals surface area contributed by atoms with Gasteiger partial charge in [-0.2, -0.15) is 0 Å². The minimum atomic E-state index is -0.208. The first kappa shape index (κ1) is 17.3. The number of H-pyrrole nitrogens is 1. The van der Waals surface area contributed by atoms with Crippen molar-refractivity contribution in [3.63, 3.8) is 0 Å². The molecule has 2 aromatic rings. The van der Waals surface area contributed by atoms with Crippen LogP contribution in [0.25, 0.3) is 10.9 Å². The summed E-state index contributed by atoms with van der Waals surface area (Å²) in [5.74, 6) is 0. The largest absolute Gasteiger partial charge is 0.396 e. The van der Waals surface area contributed by atoms with E-state index in [9.17, 15) is 9.90 Å². The first-order chi connectivity index (χ1) is 11.0. The predicted octanol–water partition coefficient (Wildman–Crippen LogP) is 3.79. The third-order valence-electron chi connectivity index (χ3n) is 4.78.